The van der Waals surface area contributed by atoms with Crippen molar-refractivity contribution in [2.75, 3.05) is 16.4 Å². The molecule has 2 amide bonds. The van der Waals surface area contributed by atoms with Crippen LogP contribution in [0, 0.1) is 6.92 Å². The van der Waals surface area contributed by atoms with Gasteiger partial charge in [-0.25, -0.2) is 9.67 Å². The van der Waals surface area contributed by atoms with Gasteiger partial charge in [0.05, 0.1) is 39.3 Å². The van der Waals surface area contributed by atoms with Gasteiger partial charge in [0.2, 0.25) is 5.91 Å². The second-order valence-corrected chi connectivity index (χ2v) is 15.2. The normalized spacial score (nSPS) is 12.3. The Bertz CT molecular complexity index is 2680. The number of rotatable bonds is 10. The number of para-hydroxylation sites is 3. The Morgan fingerprint density at radius 1 is 0.800 bits per heavy atom. The number of nitrogens with one attached hydrogen (secondary N) is 2. The minimum absolute atomic E-state index is 0.0802. The number of anilines is 2. The molecule has 3 heterocycles. The number of hydrogen-bond donors (Lipinski definition) is 2. The van der Waals surface area contributed by atoms with Crippen LogP contribution in [0.2, 0.25) is 0 Å². The van der Waals surface area contributed by atoms with E-state index in [1.807, 2.05) is 66.7 Å². The molecule has 0 saturated heterocycles. The van der Waals surface area contributed by atoms with Gasteiger partial charge in [0.25, 0.3) is 17.0 Å². The summed E-state index contributed by atoms with van der Waals surface area (Å²) in [4.78, 5) is 61.2. The lowest BCUT2D eigenvalue weighted by molar-refractivity contribution is -0.113. The third-order valence-corrected chi connectivity index (χ3v) is 11.7. The summed E-state index contributed by atoms with van der Waals surface area (Å²) in [6.07, 6.45) is 3.41. The van der Waals surface area contributed by atoms with Crippen LogP contribution in [0.1, 0.15) is 39.3 Å². The second kappa shape index (κ2) is 15.3. The number of thioether (sulfide) groups is 1. The van der Waals surface area contributed by atoms with Crippen LogP contribution in [0.4, 0.5) is 10.7 Å². The van der Waals surface area contributed by atoms with Crippen LogP contribution in [-0.4, -0.2) is 36.5 Å². The maximum absolute atomic E-state index is 14.1. The molecule has 0 radical (unpaired) electrons. The molecule has 0 bridgehead atoms. The van der Waals surface area contributed by atoms with Crippen molar-refractivity contribution in [1.29, 1.82) is 0 Å². The first-order valence-electron chi connectivity index (χ1n) is 17.8. The molecule has 11 nitrogen and oxygen atoms in total. The fraction of sp³-hybridized carbons (Fsp3) is 0.167. The number of thiophene rings is 1. The van der Waals surface area contributed by atoms with Crippen LogP contribution in [-0.2, 0) is 24.7 Å². The Hall–Kier alpha value is -6.18. The van der Waals surface area contributed by atoms with Gasteiger partial charge in [-0.05, 0) is 98.8 Å². The summed E-state index contributed by atoms with van der Waals surface area (Å²) in [5.41, 5.74) is 3.21. The standard InChI is InChI=1S/C42H36N6O5S2/c1-26-37(41(52)48(46(26)2)28-13-5-3-6-14-28)45-38(50)36-32-18-10-12-20-34(32)55-39(36)44-35(49)25-54-42-43-33-19-11-9-17-31(33)40(51)47(42)27-21-23-30(24-22-27)53-29-15-7-4-8-16-29/h3-9,11,13-17,19,21-24H,10,12,18,20,25H2,1-2H3,(H,44,49)(H,45,50). The van der Waals surface area contributed by atoms with Crippen LogP contribution in [0.5, 0.6) is 11.5 Å². The number of aromatic nitrogens is 4. The van der Waals surface area contributed by atoms with E-state index in [0.717, 1.165) is 41.5 Å². The zero-order valence-corrected chi connectivity index (χ0v) is 31.7. The summed E-state index contributed by atoms with van der Waals surface area (Å²) in [6, 6.07) is 32.9. The summed E-state index contributed by atoms with van der Waals surface area (Å²) in [7, 11) is 1.77. The molecule has 7 aromatic rings. The summed E-state index contributed by atoms with van der Waals surface area (Å²) in [5.74, 6) is 0.408. The molecule has 0 unspecified atom stereocenters. The van der Waals surface area contributed by atoms with Crippen LogP contribution in [0.15, 0.2) is 124 Å². The molecule has 13 heteroatoms. The molecule has 3 aromatic heterocycles. The molecule has 1 aliphatic rings. The predicted molar refractivity (Wildman–Crippen MR) is 218 cm³/mol. The fourth-order valence-electron chi connectivity index (χ4n) is 6.80. The number of aryl methyl sites for hydroxylation is 1. The van der Waals surface area contributed by atoms with Crippen LogP contribution in [0.25, 0.3) is 22.3 Å². The molecule has 0 atom stereocenters. The molecular weight excluding hydrogens is 733 g/mol. The topological polar surface area (TPSA) is 129 Å². The van der Waals surface area contributed by atoms with Crippen molar-refractivity contribution in [3.8, 4) is 22.9 Å². The third kappa shape index (κ3) is 7.11. The van der Waals surface area contributed by atoms with Crippen molar-refractivity contribution in [3.63, 3.8) is 0 Å². The number of ether oxygens (including phenoxy) is 1. The van der Waals surface area contributed by atoms with Crippen molar-refractivity contribution in [3.05, 3.63) is 152 Å². The van der Waals surface area contributed by atoms with Crippen molar-refractivity contribution >= 4 is 56.5 Å². The Labute approximate surface area is 324 Å². The lowest BCUT2D eigenvalue weighted by Crippen LogP contribution is -2.24. The largest absolute Gasteiger partial charge is 0.457 e. The Kier molecular flexibility index (Phi) is 9.96. The highest BCUT2D eigenvalue weighted by molar-refractivity contribution is 7.99. The van der Waals surface area contributed by atoms with E-state index >= 15 is 0 Å². The van der Waals surface area contributed by atoms with Crippen LogP contribution >= 0.6 is 23.1 Å². The maximum Gasteiger partial charge on any atom is 0.295 e. The number of carbonyl (C=O) groups is 2. The van der Waals surface area contributed by atoms with Gasteiger partial charge in [-0.15, -0.1) is 11.3 Å². The first kappa shape index (κ1) is 35.8. The molecular formula is C42H36N6O5S2. The summed E-state index contributed by atoms with van der Waals surface area (Å²) in [6.45, 7) is 1.78. The van der Waals surface area contributed by atoms with Gasteiger partial charge < -0.3 is 15.4 Å². The number of nitrogens with zero attached hydrogens (tertiary/aromatic N) is 4. The zero-order chi connectivity index (χ0) is 38.1. The Morgan fingerprint density at radius 3 is 2.24 bits per heavy atom. The highest BCUT2D eigenvalue weighted by atomic mass is 32.2. The monoisotopic (exact) mass is 768 g/mol. The highest BCUT2D eigenvalue weighted by Gasteiger charge is 2.28. The lowest BCUT2D eigenvalue weighted by atomic mass is 9.95. The maximum atomic E-state index is 14.1. The molecule has 0 fully saturated rings. The molecule has 55 heavy (non-hydrogen) atoms. The molecule has 2 N–H and O–H groups in total. The van der Waals surface area contributed by atoms with E-state index < -0.39 is 5.91 Å². The Balaban J connectivity index is 1.06. The van der Waals surface area contributed by atoms with Gasteiger partial charge in [0, 0.05) is 11.9 Å². The highest BCUT2D eigenvalue weighted by Crippen LogP contribution is 2.39. The second-order valence-electron chi connectivity index (χ2n) is 13.1. The first-order chi connectivity index (χ1) is 26.8. The average molecular weight is 769 g/mol. The number of amides is 2. The van der Waals surface area contributed by atoms with Crippen molar-refractivity contribution in [2.45, 2.75) is 37.8 Å². The number of fused-ring (bicyclic) bond motifs is 2. The smallest absolute Gasteiger partial charge is 0.295 e. The molecule has 276 valence electrons. The van der Waals surface area contributed by atoms with E-state index in [9.17, 15) is 19.2 Å². The van der Waals surface area contributed by atoms with Crippen molar-refractivity contribution < 1.29 is 14.3 Å². The summed E-state index contributed by atoms with van der Waals surface area (Å²) < 4.78 is 10.7. The first-order valence-corrected chi connectivity index (χ1v) is 19.6. The van der Waals surface area contributed by atoms with E-state index in [2.05, 4.69) is 10.6 Å². The lowest BCUT2D eigenvalue weighted by Gasteiger charge is -2.14. The van der Waals surface area contributed by atoms with E-state index in [4.69, 9.17) is 9.72 Å². The predicted octanol–water partition coefficient (Wildman–Crippen LogP) is 7.90. The van der Waals surface area contributed by atoms with Gasteiger partial charge in [0.1, 0.15) is 22.2 Å². The Morgan fingerprint density at radius 2 is 1.47 bits per heavy atom. The van der Waals surface area contributed by atoms with E-state index in [1.165, 1.54) is 20.6 Å². The van der Waals surface area contributed by atoms with Gasteiger partial charge >= 0.3 is 0 Å². The summed E-state index contributed by atoms with van der Waals surface area (Å²) >= 11 is 2.53. The van der Waals surface area contributed by atoms with Crippen molar-refractivity contribution in [2.24, 2.45) is 7.05 Å². The van der Waals surface area contributed by atoms with Crippen LogP contribution in [0.3, 0.4) is 0 Å². The van der Waals surface area contributed by atoms with Gasteiger partial charge in [0.15, 0.2) is 5.16 Å². The van der Waals surface area contributed by atoms with Gasteiger partial charge in [-0.3, -0.25) is 28.4 Å². The van der Waals surface area contributed by atoms with Crippen LogP contribution < -0.4 is 26.5 Å². The summed E-state index contributed by atoms with van der Waals surface area (Å²) in [5, 5.41) is 7.12. The minimum Gasteiger partial charge on any atom is -0.457 e. The average Bonchev–Trinajstić information content (AvgIpc) is 3.67. The number of hydrogen-bond acceptors (Lipinski definition) is 8. The molecule has 0 spiro atoms. The molecule has 4 aromatic carbocycles. The third-order valence-electron chi connectivity index (χ3n) is 9.60. The molecule has 0 aliphatic heterocycles. The number of carbonyl (C=O) groups excluding carboxylic acids is 2. The van der Waals surface area contributed by atoms with E-state index in [1.54, 1.807) is 61.1 Å². The molecule has 0 saturated carbocycles. The SMILES string of the molecule is Cc1c(NC(=O)c2c(NC(=O)CSc3nc4ccccc4c(=O)n3-c3ccc(Oc4ccccc4)cc3)sc3c2CCCC3)c(=O)n(-c2ccccc2)n1C. The van der Waals surface area contributed by atoms with Gasteiger partial charge in [-0.1, -0.05) is 60.3 Å². The van der Waals surface area contributed by atoms with E-state index in [0.29, 0.717) is 61.6 Å². The van der Waals surface area contributed by atoms with E-state index in [-0.39, 0.29) is 28.5 Å². The minimum atomic E-state index is -0.446. The van der Waals surface area contributed by atoms with Crippen molar-refractivity contribution in [1.82, 2.24) is 18.9 Å². The number of benzene rings is 4. The van der Waals surface area contributed by atoms with Gasteiger partial charge in [-0.2, -0.15) is 0 Å². The quantitative estimate of drug-likeness (QED) is 0.107. The zero-order valence-electron chi connectivity index (χ0n) is 30.1. The molecule has 1 aliphatic carbocycles. The molecule has 8 rings (SSSR count). The fourth-order valence-corrected chi connectivity index (χ4v) is 8.92.